The van der Waals surface area contributed by atoms with Crippen LogP contribution in [-0.2, 0) is 26.2 Å². The SMILES string of the molecule is CN1CC[C@]23c4c5ccc(OC(=O)CCCC[C@@H]6SC[C@@H]7NC(=O)N[C@@H]76)c4O[C@H]2[C@@H](OC(=O)CCCC[C@@H]2SC[C@@H]4NC(=O)N[C@@H]42)C=C[C@H]3[C@H]1C5. The Morgan fingerprint density at radius 2 is 1.57 bits per heavy atom. The number of nitrogens with zero attached hydrogens (tertiary/aromatic N) is 1. The van der Waals surface area contributed by atoms with Crippen LogP contribution >= 0.6 is 23.5 Å². The minimum Gasteiger partial charge on any atom is -0.481 e. The third-order valence-electron chi connectivity index (χ3n) is 12.7. The number of nitrogens with one attached hydrogen (secondary N) is 4. The number of carbonyl (C=O) groups is 4. The van der Waals surface area contributed by atoms with E-state index in [9.17, 15) is 19.2 Å². The van der Waals surface area contributed by atoms with Gasteiger partial charge in [-0.3, -0.25) is 9.59 Å². The quantitative estimate of drug-likeness (QED) is 0.0828. The molecular weight excluding hydrogens is 691 g/mol. The van der Waals surface area contributed by atoms with Crippen molar-refractivity contribution in [1.82, 2.24) is 26.2 Å². The fourth-order valence-electron chi connectivity index (χ4n) is 10.3. The summed E-state index contributed by atoms with van der Waals surface area (Å²) in [5.41, 5.74) is 2.01. The van der Waals surface area contributed by atoms with Gasteiger partial charge in [0, 0.05) is 57.8 Å². The molecule has 6 heterocycles. The molecule has 1 spiro atoms. The highest BCUT2D eigenvalue weighted by Crippen LogP contribution is 2.62. The number of thioether (sulfide) groups is 2. The highest BCUT2D eigenvalue weighted by molar-refractivity contribution is 8.00. The first kappa shape index (κ1) is 33.7. The number of hydrogen-bond donors (Lipinski definition) is 4. The molecule has 11 atom stereocenters. The van der Waals surface area contributed by atoms with Crippen LogP contribution in [0, 0.1) is 5.92 Å². The maximum Gasteiger partial charge on any atom is 0.315 e. The number of likely N-dealkylation sites (N-methyl/N-ethyl adjacent to an activating group) is 1. The van der Waals surface area contributed by atoms with Gasteiger partial charge in [-0.2, -0.15) is 23.5 Å². The second kappa shape index (κ2) is 13.4. The number of benzene rings is 1. The maximum atomic E-state index is 13.3. The molecule has 274 valence electrons. The van der Waals surface area contributed by atoms with Gasteiger partial charge >= 0.3 is 24.0 Å². The van der Waals surface area contributed by atoms with Gasteiger partial charge in [0.05, 0.1) is 24.2 Å². The lowest BCUT2D eigenvalue weighted by molar-refractivity contribution is -0.155. The van der Waals surface area contributed by atoms with Crippen LogP contribution < -0.4 is 30.7 Å². The van der Waals surface area contributed by atoms with Crippen molar-refractivity contribution in [3.05, 3.63) is 35.4 Å². The van der Waals surface area contributed by atoms with Crippen LogP contribution in [-0.4, -0.2) is 107 Å². The van der Waals surface area contributed by atoms with E-state index in [4.69, 9.17) is 14.2 Å². The largest absolute Gasteiger partial charge is 0.481 e. The Hall–Kier alpha value is -3.10. The van der Waals surface area contributed by atoms with Gasteiger partial charge < -0.3 is 40.4 Å². The lowest BCUT2D eigenvalue weighted by Gasteiger charge is -2.56. The number of urea groups is 2. The van der Waals surface area contributed by atoms with Crippen molar-refractivity contribution in [2.45, 2.75) is 123 Å². The van der Waals surface area contributed by atoms with Crippen LogP contribution in [0.25, 0.3) is 0 Å². The van der Waals surface area contributed by atoms with E-state index in [0.717, 1.165) is 75.0 Å². The first-order chi connectivity index (χ1) is 24.8. The number of likely N-dealkylation sites (tertiary alicyclic amines) is 1. The molecule has 51 heavy (non-hydrogen) atoms. The number of esters is 2. The first-order valence-electron chi connectivity index (χ1n) is 18.8. The monoisotopic (exact) mass is 737 g/mol. The predicted molar refractivity (Wildman–Crippen MR) is 193 cm³/mol. The fraction of sp³-hybridized carbons (Fsp3) is 0.676. The number of piperidine rings is 1. The number of fused-ring (bicyclic) bond motifs is 2. The van der Waals surface area contributed by atoms with Crippen LogP contribution in [0.4, 0.5) is 9.59 Å². The molecule has 4 N–H and O–H groups in total. The molecule has 1 aromatic carbocycles. The van der Waals surface area contributed by atoms with E-state index in [1.165, 1.54) is 5.56 Å². The van der Waals surface area contributed by atoms with Crippen molar-refractivity contribution in [2.24, 2.45) is 5.92 Å². The van der Waals surface area contributed by atoms with E-state index in [1.807, 2.05) is 35.7 Å². The van der Waals surface area contributed by atoms with Crippen molar-refractivity contribution >= 4 is 47.5 Å². The summed E-state index contributed by atoms with van der Waals surface area (Å²) in [5.74, 6) is 2.66. The number of hydrogen-bond acceptors (Lipinski definition) is 10. The minimum absolute atomic E-state index is 0.0769. The van der Waals surface area contributed by atoms with E-state index >= 15 is 0 Å². The second-order valence-electron chi connectivity index (χ2n) is 15.6. The normalized spacial score (nSPS) is 37.7. The smallest absolute Gasteiger partial charge is 0.315 e. The molecular formula is C37H47N5O7S2. The third kappa shape index (κ3) is 5.87. The molecule has 8 aliphatic rings. The zero-order valence-electron chi connectivity index (χ0n) is 28.9. The van der Waals surface area contributed by atoms with Gasteiger partial charge in [-0.1, -0.05) is 25.0 Å². The average molecular weight is 738 g/mol. The first-order valence-corrected chi connectivity index (χ1v) is 20.9. The van der Waals surface area contributed by atoms with Crippen LogP contribution in [0.15, 0.2) is 24.3 Å². The summed E-state index contributed by atoms with van der Waals surface area (Å²) >= 11 is 3.78. The highest BCUT2D eigenvalue weighted by atomic mass is 32.2. The van der Waals surface area contributed by atoms with Crippen molar-refractivity contribution in [2.75, 3.05) is 25.1 Å². The summed E-state index contributed by atoms with van der Waals surface area (Å²) in [7, 11) is 2.19. The molecule has 0 radical (unpaired) electrons. The van der Waals surface area contributed by atoms with Crippen molar-refractivity contribution in [1.29, 1.82) is 0 Å². The molecule has 5 fully saturated rings. The van der Waals surface area contributed by atoms with Gasteiger partial charge in [0.2, 0.25) is 0 Å². The van der Waals surface area contributed by atoms with E-state index in [1.54, 1.807) is 0 Å². The third-order valence-corrected chi connectivity index (χ3v) is 15.7. The standard InChI is InChI=1S/C37H47N5O7S2/c1-42-15-14-37-20-11-13-25(48-29(44)9-5-3-7-27-32-22(18-51-27)39-36(46)41-32)34(37)49-33-24(12-10-19(30(33)37)16-23(20)42)47-28(43)8-4-2-6-26-31-21(17-50-26)38-35(45)40-31/h10-13,20-23,25-27,31-32,34H,2-9,14-18H2,1H3,(H2,38,40,45)(H2,39,41,46)/t20-,21-,22-,23+,25-,26-,27-,31-,32-,34-,37-/m0/s1. The molecule has 6 aliphatic heterocycles. The predicted octanol–water partition coefficient (Wildman–Crippen LogP) is 3.40. The van der Waals surface area contributed by atoms with E-state index in [2.05, 4.69) is 45.4 Å². The summed E-state index contributed by atoms with van der Waals surface area (Å²) in [6, 6.07) is 4.89. The zero-order valence-corrected chi connectivity index (χ0v) is 30.5. The number of unbranched alkanes of at least 4 members (excludes halogenated alkanes) is 2. The number of amides is 4. The molecule has 5 saturated heterocycles. The van der Waals surface area contributed by atoms with Crippen LogP contribution in [0.3, 0.4) is 0 Å². The summed E-state index contributed by atoms with van der Waals surface area (Å²) in [5, 5.41) is 12.8. The minimum atomic E-state index is -0.529. The zero-order chi connectivity index (χ0) is 34.9. The summed E-state index contributed by atoms with van der Waals surface area (Å²) in [6.45, 7) is 0.913. The molecule has 14 heteroatoms. The summed E-state index contributed by atoms with van der Waals surface area (Å²) < 4.78 is 19.1. The maximum absolute atomic E-state index is 13.3. The van der Waals surface area contributed by atoms with Crippen molar-refractivity contribution in [3.8, 4) is 11.5 Å². The molecule has 9 rings (SSSR count). The molecule has 4 amide bonds. The molecule has 0 saturated carbocycles. The summed E-state index contributed by atoms with van der Waals surface area (Å²) in [4.78, 5) is 52.4. The summed E-state index contributed by atoms with van der Waals surface area (Å²) in [6.07, 6.45) is 10.9. The van der Waals surface area contributed by atoms with Crippen molar-refractivity contribution < 1.29 is 33.4 Å². The van der Waals surface area contributed by atoms with Crippen molar-refractivity contribution in [3.63, 3.8) is 0 Å². The van der Waals surface area contributed by atoms with Gasteiger partial charge in [0.15, 0.2) is 17.6 Å². The second-order valence-corrected chi connectivity index (χ2v) is 18.1. The molecule has 2 aliphatic carbocycles. The Morgan fingerprint density at radius 1 is 0.902 bits per heavy atom. The topological polar surface area (TPSA) is 147 Å². The van der Waals surface area contributed by atoms with Crippen LogP contribution in [0.5, 0.6) is 11.5 Å². The molecule has 1 aromatic rings. The lowest BCUT2D eigenvalue weighted by Crippen LogP contribution is -2.65. The van der Waals surface area contributed by atoms with E-state index < -0.39 is 6.10 Å². The Morgan fingerprint density at radius 3 is 2.25 bits per heavy atom. The van der Waals surface area contributed by atoms with Crippen LogP contribution in [0.2, 0.25) is 0 Å². The number of carbonyl (C=O) groups excluding carboxylic acids is 4. The molecule has 0 aromatic heterocycles. The average Bonchev–Trinajstić information content (AvgIpc) is 3.91. The van der Waals surface area contributed by atoms with Gasteiger partial charge in [-0.15, -0.1) is 0 Å². The fourth-order valence-corrected chi connectivity index (χ4v) is 13.4. The van der Waals surface area contributed by atoms with Crippen LogP contribution in [0.1, 0.15) is 68.9 Å². The van der Waals surface area contributed by atoms with Gasteiger partial charge in [0.1, 0.15) is 6.10 Å². The van der Waals surface area contributed by atoms with Gasteiger partial charge in [-0.05, 0) is 69.8 Å². The number of ether oxygens (including phenoxy) is 3. The Kier molecular flexibility index (Phi) is 8.85. The Labute approximate surface area is 306 Å². The molecule has 0 unspecified atom stereocenters. The van der Waals surface area contributed by atoms with Gasteiger partial charge in [0.25, 0.3) is 0 Å². The lowest BCUT2D eigenvalue weighted by atomic mass is 9.53. The Balaban J connectivity index is 0.836. The molecule has 12 nitrogen and oxygen atoms in total. The molecule has 2 bridgehead atoms. The highest BCUT2D eigenvalue weighted by Gasteiger charge is 2.65. The Bertz CT molecular complexity index is 1640. The van der Waals surface area contributed by atoms with E-state index in [0.29, 0.717) is 40.9 Å². The van der Waals surface area contributed by atoms with Gasteiger partial charge in [-0.25, -0.2) is 9.59 Å². The van der Waals surface area contributed by atoms with E-state index in [-0.39, 0.29) is 65.6 Å². The number of rotatable bonds is 12.